The van der Waals surface area contributed by atoms with Crippen LogP contribution in [0, 0.1) is 0 Å². The molecule has 0 spiro atoms. The van der Waals surface area contributed by atoms with Gasteiger partial charge in [-0.2, -0.15) is 0 Å². The Kier molecular flexibility index (Phi) is 46.9. The largest absolute Gasteiger partial charge is 0.472 e. The van der Waals surface area contributed by atoms with E-state index in [1.54, 1.807) is 0 Å². The first-order valence-corrected chi connectivity index (χ1v) is 25.9. The van der Waals surface area contributed by atoms with Gasteiger partial charge in [0.25, 0.3) is 0 Å². The maximum atomic E-state index is 12.6. The molecule has 0 aromatic rings. The fourth-order valence-corrected chi connectivity index (χ4v) is 6.96. The van der Waals surface area contributed by atoms with E-state index in [1.807, 2.05) is 0 Å². The molecule has 8 nitrogen and oxygen atoms in total. The third kappa shape index (κ3) is 48.2. The molecular formula is C53H90NO7P. The van der Waals surface area contributed by atoms with Gasteiger partial charge in [0.2, 0.25) is 0 Å². The summed E-state index contributed by atoms with van der Waals surface area (Å²) in [6.45, 7) is 4.63. The average molecular weight is 884 g/mol. The van der Waals surface area contributed by atoms with Crippen molar-refractivity contribution in [3.63, 3.8) is 0 Å². The van der Waals surface area contributed by atoms with Crippen molar-refractivity contribution in [3.05, 3.63) is 109 Å². The van der Waals surface area contributed by atoms with E-state index in [-0.39, 0.29) is 38.8 Å². The van der Waals surface area contributed by atoms with Crippen molar-refractivity contribution >= 4 is 13.8 Å². The SMILES string of the molecule is CC/C=C\C/C=C\C/C=C\C/C=C\C/C=C\CCCCCCCC(=O)OC(COCCCCCCCCCCC/C=C\C/C=C\C/C=C\C/C=C\CC)COP(=O)(O)OCCN. The van der Waals surface area contributed by atoms with Gasteiger partial charge in [0.15, 0.2) is 0 Å². The quantitative estimate of drug-likeness (QED) is 0.0269. The highest BCUT2D eigenvalue weighted by Gasteiger charge is 2.25. The van der Waals surface area contributed by atoms with Gasteiger partial charge < -0.3 is 20.1 Å². The van der Waals surface area contributed by atoms with Gasteiger partial charge in [-0.3, -0.25) is 13.8 Å². The van der Waals surface area contributed by atoms with E-state index in [1.165, 1.54) is 51.4 Å². The second-order valence-corrected chi connectivity index (χ2v) is 17.0. The minimum atomic E-state index is -4.30. The van der Waals surface area contributed by atoms with E-state index in [4.69, 9.17) is 24.3 Å². The van der Waals surface area contributed by atoms with Gasteiger partial charge in [0, 0.05) is 19.6 Å². The normalized spacial score (nSPS) is 14.3. The standard InChI is InChI=1S/C53H90NO7P/c1-3-5-7-9-11-13-15-17-19-21-23-25-27-29-31-33-35-37-39-41-43-45-48-58-50-52(51-60-62(56,57)59-49-47-54)61-53(55)46-44-42-40-38-36-34-32-30-28-26-24-22-20-18-16-14-12-10-8-6-4-2/h5-8,11-14,17-20,23-26,30,32,52H,3-4,9-10,15-16,21-22,27-29,31,33-51,54H2,1-2H3,(H,56,57)/b7-5-,8-6-,13-11-,14-12-,19-17-,20-18-,25-23-,26-24-,32-30-. The third-order valence-corrected chi connectivity index (χ3v) is 10.7. The molecule has 2 unspecified atom stereocenters. The first-order valence-electron chi connectivity index (χ1n) is 24.4. The van der Waals surface area contributed by atoms with Gasteiger partial charge >= 0.3 is 13.8 Å². The number of carbonyl (C=O) groups excluding carboxylic acids is 1. The Hall–Kier alpha value is -2.84. The van der Waals surface area contributed by atoms with E-state index >= 15 is 0 Å². The Morgan fingerprint density at radius 3 is 1.27 bits per heavy atom. The molecule has 3 N–H and O–H groups in total. The van der Waals surface area contributed by atoms with Gasteiger partial charge in [0.1, 0.15) is 6.10 Å². The fourth-order valence-electron chi connectivity index (χ4n) is 6.19. The molecule has 0 radical (unpaired) electrons. The molecule has 0 aromatic carbocycles. The summed E-state index contributed by atoms with van der Waals surface area (Å²) < 4.78 is 33.5. The summed E-state index contributed by atoms with van der Waals surface area (Å²) in [6, 6.07) is 0. The first kappa shape index (κ1) is 59.2. The van der Waals surface area contributed by atoms with Crippen molar-refractivity contribution in [2.75, 3.05) is 33.0 Å². The van der Waals surface area contributed by atoms with Gasteiger partial charge in [-0.25, -0.2) is 4.57 Å². The summed E-state index contributed by atoms with van der Waals surface area (Å²) >= 11 is 0. The van der Waals surface area contributed by atoms with Crippen LogP contribution in [0.25, 0.3) is 0 Å². The second kappa shape index (κ2) is 49.2. The number of ether oxygens (including phenoxy) is 2. The second-order valence-electron chi connectivity index (χ2n) is 15.6. The molecule has 0 amide bonds. The highest BCUT2D eigenvalue weighted by molar-refractivity contribution is 7.47. The molecule has 0 saturated heterocycles. The molecule has 0 bridgehead atoms. The zero-order valence-electron chi connectivity index (χ0n) is 39.3. The van der Waals surface area contributed by atoms with Gasteiger partial charge in [0.05, 0.1) is 19.8 Å². The molecule has 0 aromatic heterocycles. The lowest BCUT2D eigenvalue weighted by Crippen LogP contribution is -2.28. The van der Waals surface area contributed by atoms with Crippen LogP contribution in [-0.2, 0) is 27.9 Å². The maximum absolute atomic E-state index is 12.6. The Bertz CT molecular complexity index is 1310. The molecule has 0 aliphatic heterocycles. The lowest BCUT2D eigenvalue weighted by molar-refractivity contribution is -0.154. The van der Waals surface area contributed by atoms with Crippen LogP contribution in [0.3, 0.4) is 0 Å². The molecule has 9 heteroatoms. The van der Waals surface area contributed by atoms with Crippen LogP contribution in [0.4, 0.5) is 0 Å². The molecule has 0 heterocycles. The smallest absolute Gasteiger partial charge is 0.457 e. The number of phosphoric acid groups is 1. The first-order chi connectivity index (χ1) is 30.4. The molecule has 354 valence electrons. The Balaban J connectivity index is 4.06. The number of hydrogen-bond donors (Lipinski definition) is 2. The van der Waals surface area contributed by atoms with E-state index in [0.717, 1.165) is 109 Å². The van der Waals surface area contributed by atoms with E-state index in [2.05, 4.69) is 123 Å². The summed E-state index contributed by atoms with van der Waals surface area (Å²) in [5, 5.41) is 0. The third-order valence-electron chi connectivity index (χ3n) is 9.69. The van der Waals surface area contributed by atoms with E-state index in [0.29, 0.717) is 6.61 Å². The van der Waals surface area contributed by atoms with Crippen molar-refractivity contribution in [2.45, 2.75) is 187 Å². The van der Waals surface area contributed by atoms with Crippen LogP contribution in [0.5, 0.6) is 0 Å². The minimum Gasteiger partial charge on any atom is -0.457 e. The topological polar surface area (TPSA) is 117 Å². The van der Waals surface area contributed by atoms with Crippen LogP contribution in [-0.4, -0.2) is 49.9 Å². The summed E-state index contributed by atoms with van der Waals surface area (Å²) in [4.78, 5) is 22.6. The lowest BCUT2D eigenvalue weighted by atomic mass is 10.1. The number of rotatable bonds is 45. The molecule has 0 aliphatic carbocycles. The molecule has 2 atom stereocenters. The number of hydrogen-bond acceptors (Lipinski definition) is 7. The van der Waals surface area contributed by atoms with Crippen LogP contribution < -0.4 is 5.73 Å². The lowest BCUT2D eigenvalue weighted by Gasteiger charge is -2.20. The van der Waals surface area contributed by atoms with Gasteiger partial charge in [-0.05, 0) is 96.3 Å². The maximum Gasteiger partial charge on any atom is 0.472 e. The zero-order chi connectivity index (χ0) is 45.1. The van der Waals surface area contributed by atoms with Crippen LogP contribution in [0.15, 0.2) is 109 Å². The number of phosphoric ester groups is 1. The Morgan fingerprint density at radius 2 is 0.855 bits per heavy atom. The Labute approximate surface area is 380 Å². The molecule has 0 saturated carbocycles. The van der Waals surface area contributed by atoms with Crippen LogP contribution >= 0.6 is 7.82 Å². The predicted molar refractivity (Wildman–Crippen MR) is 265 cm³/mol. The predicted octanol–water partition coefficient (Wildman–Crippen LogP) is 15.2. The highest BCUT2D eigenvalue weighted by atomic mass is 31.2. The number of nitrogens with two attached hydrogens (primary N) is 1. The molecule has 62 heavy (non-hydrogen) atoms. The molecule has 0 aliphatic rings. The average Bonchev–Trinajstić information content (AvgIpc) is 3.26. The fraction of sp³-hybridized carbons (Fsp3) is 0.642. The molecule has 0 rings (SSSR count). The zero-order valence-corrected chi connectivity index (χ0v) is 40.2. The van der Waals surface area contributed by atoms with Crippen molar-refractivity contribution in [2.24, 2.45) is 5.73 Å². The van der Waals surface area contributed by atoms with E-state index < -0.39 is 13.9 Å². The summed E-state index contributed by atoms with van der Waals surface area (Å²) in [5.41, 5.74) is 5.38. The van der Waals surface area contributed by atoms with Crippen LogP contribution in [0.2, 0.25) is 0 Å². The molecule has 0 fully saturated rings. The monoisotopic (exact) mass is 884 g/mol. The van der Waals surface area contributed by atoms with Gasteiger partial charge in [-0.1, -0.05) is 187 Å². The summed E-state index contributed by atoms with van der Waals surface area (Å²) in [7, 11) is -4.30. The summed E-state index contributed by atoms with van der Waals surface area (Å²) in [5.74, 6) is -0.355. The number of esters is 1. The van der Waals surface area contributed by atoms with Crippen molar-refractivity contribution in [1.82, 2.24) is 0 Å². The number of unbranched alkanes of at least 4 members (excludes halogenated alkanes) is 14. The summed E-state index contributed by atoms with van der Waals surface area (Å²) in [6.07, 6.45) is 66.8. The van der Waals surface area contributed by atoms with Crippen LogP contribution in [0.1, 0.15) is 181 Å². The minimum absolute atomic E-state index is 0.0894. The highest BCUT2D eigenvalue weighted by Crippen LogP contribution is 2.43. The number of carbonyl (C=O) groups is 1. The van der Waals surface area contributed by atoms with E-state index in [9.17, 15) is 14.3 Å². The Morgan fingerprint density at radius 1 is 0.484 bits per heavy atom. The molecular weight excluding hydrogens is 794 g/mol. The van der Waals surface area contributed by atoms with Crippen molar-refractivity contribution in [1.29, 1.82) is 0 Å². The van der Waals surface area contributed by atoms with Crippen molar-refractivity contribution < 1.29 is 32.8 Å². The van der Waals surface area contributed by atoms with Gasteiger partial charge in [-0.15, -0.1) is 0 Å². The van der Waals surface area contributed by atoms with Crippen molar-refractivity contribution in [3.8, 4) is 0 Å². The number of allylic oxidation sites excluding steroid dienone is 18.